The van der Waals surface area contributed by atoms with Crippen LogP contribution in [0.1, 0.15) is 26.2 Å². The van der Waals surface area contributed by atoms with Gasteiger partial charge in [0.2, 0.25) is 0 Å². The van der Waals surface area contributed by atoms with E-state index in [1.807, 2.05) is 0 Å². The molecule has 12 heavy (non-hydrogen) atoms. The maximum absolute atomic E-state index is 12.5. The van der Waals surface area contributed by atoms with Crippen molar-refractivity contribution in [2.24, 2.45) is 0 Å². The van der Waals surface area contributed by atoms with Crippen LogP contribution in [-0.4, -0.2) is 18.5 Å². The second-order valence-corrected chi connectivity index (χ2v) is 2.59. The van der Waals surface area contributed by atoms with Crippen molar-refractivity contribution < 1.29 is 22.0 Å². The molecule has 0 aliphatic carbocycles. The fourth-order valence-corrected chi connectivity index (χ4v) is 0.738. The van der Waals surface area contributed by atoms with E-state index in [1.54, 1.807) is 0 Å². The van der Waals surface area contributed by atoms with Gasteiger partial charge in [0.1, 0.15) is 12.3 Å². The van der Waals surface area contributed by atoms with Gasteiger partial charge in [-0.05, 0) is 12.8 Å². The Balaban J connectivity index is 3.64. The molecule has 0 N–H and O–H groups in total. The smallest absolute Gasteiger partial charge is 0.244 e. The first-order valence-electron chi connectivity index (χ1n) is 3.71. The van der Waals surface area contributed by atoms with Gasteiger partial charge in [-0.1, -0.05) is 6.92 Å². The molecule has 0 bridgehead atoms. The quantitative estimate of drug-likeness (QED) is 0.596. The molecular formula is C7H11F5. The zero-order valence-corrected chi connectivity index (χ0v) is 6.67. The summed E-state index contributed by atoms with van der Waals surface area (Å²) in [7, 11) is 0. The third-order valence-corrected chi connectivity index (χ3v) is 1.49. The molecule has 1 unspecified atom stereocenters. The first kappa shape index (κ1) is 11.6. The van der Waals surface area contributed by atoms with Gasteiger partial charge >= 0.3 is 6.18 Å². The first-order chi connectivity index (χ1) is 5.37. The fraction of sp³-hybridized carbons (Fsp3) is 1.00. The SMILES string of the molecule is CCC(F)[C@@H](F)CCC(F)(F)F. The lowest BCUT2D eigenvalue weighted by atomic mass is 10.1. The molecule has 0 aliphatic heterocycles. The summed E-state index contributed by atoms with van der Waals surface area (Å²) >= 11 is 0. The molecule has 0 aromatic rings. The molecular weight excluding hydrogens is 179 g/mol. The monoisotopic (exact) mass is 190 g/mol. The summed E-state index contributed by atoms with van der Waals surface area (Å²) < 4.78 is 59.3. The largest absolute Gasteiger partial charge is 0.389 e. The van der Waals surface area contributed by atoms with E-state index in [9.17, 15) is 22.0 Å². The summed E-state index contributed by atoms with van der Waals surface area (Å²) in [6.07, 6.45) is -10.3. The third kappa shape index (κ3) is 5.32. The van der Waals surface area contributed by atoms with Crippen molar-refractivity contribution in [1.82, 2.24) is 0 Å². The van der Waals surface area contributed by atoms with Gasteiger partial charge in [-0.15, -0.1) is 0 Å². The molecule has 2 atom stereocenters. The Morgan fingerprint density at radius 1 is 1.08 bits per heavy atom. The third-order valence-electron chi connectivity index (χ3n) is 1.49. The van der Waals surface area contributed by atoms with E-state index in [0.717, 1.165) is 0 Å². The normalized spacial score (nSPS) is 17.5. The van der Waals surface area contributed by atoms with Crippen LogP contribution in [0.4, 0.5) is 22.0 Å². The highest BCUT2D eigenvalue weighted by atomic mass is 19.4. The van der Waals surface area contributed by atoms with Crippen molar-refractivity contribution in [3.05, 3.63) is 0 Å². The Morgan fingerprint density at radius 3 is 1.92 bits per heavy atom. The lowest BCUT2D eigenvalue weighted by Crippen LogP contribution is -2.19. The van der Waals surface area contributed by atoms with Gasteiger partial charge in [-0.25, -0.2) is 8.78 Å². The molecule has 0 saturated carbocycles. The standard InChI is InChI=1S/C7H11F5/c1-2-5(8)6(9)3-4-7(10,11)12/h5-6H,2-4H2,1H3/t5?,6-/m0/s1. The van der Waals surface area contributed by atoms with E-state index in [1.165, 1.54) is 6.92 Å². The molecule has 0 aromatic carbocycles. The van der Waals surface area contributed by atoms with E-state index < -0.39 is 31.4 Å². The van der Waals surface area contributed by atoms with Crippen LogP contribution in [0, 0.1) is 0 Å². The lowest BCUT2D eigenvalue weighted by Gasteiger charge is -2.12. The van der Waals surface area contributed by atoms with Crippen molar-refractivity contribution in [1.29, 1.82) is 0 Å². The van der Waals surface area contributed by atoms with Crippen LogP contribution in [0.25, 0.3) is 0 Å². The minimum Gasteiger partial charge on any atom is -0.244 e. The number of halogens is 5. The van der Waals surface area contributed by atoms with Crippen LogP contribution in [0.5, 0.6) is 0 Å². The molecule has 0 rings (SSSR count). The summed E-state index contributed by atoms with van der Waals surface area (Å²) in [4.78, 5) is 0. The summed E-state index contributed by atoms with van der Waals surface area (Å²) in [5, 5.41) is 0. The zero-order chi connectivity index (χ0) is 9.78. The molecule has 0 radical (unpaired) electrons. The number of alkyl halides is 5. The maximum atomic E-state index is 12.5. The van der Waals surface area contributed by atoms with Gasteiger partial charge in [0.15, 0.2) is 0 Å². The second-order valence-electron chi connectivity index (χ2n) is 2.59. The van der Waals surface area contributed by atoms with Gasteiger partial charge in [0, 0.05) is 6.42 Å². The van der Waals surface area contributed by atoms with Crippen molar-refractivity contribution in [3.8, 4) is 0 Å². The molecule has 0 saturated heterocycles. The van der Waals surface area contributed by atoms with E-state index >= 15 is 0 Å². The van der Waals surface area contributed by atoms with Crippen molar-refractivity contribution in [2.75, 3.05) is 0 Å². The predicted molar refractivity (Wildman–Crippen MR) is 35.4 cm³/mol. The van der Waals surface area contributed by atoms with Gasteiger partial charge < -0.3 is 0 Å². The molecule has 0 nitrogen and oxygen atoms in total. The Hall–Kier alpha value is -0.350. The zero-order valence-electron chi connectivity index (χ0n) is 6.67. The molecule has 74 valence electrons. The summed E-state index contributed by atoms with van der Waals surface area (Å²) in [6, 6.07) is 0. The van der Waals surface area contributed by atoms with Crippen LogP contribution in [0.15, 0.2) is 0 Å². The minimum atomic E-state index is -4.39. The summed E-state index contributed by atoms with van der Waals surface area (Å²) in [6.45, 7) is 1.39. The Bertz CT molecular complexity index is 119. The molecule has 0 fully saturated rings. The van der Waals surface area contributed by atoms with E-state index in [-0.39, 0.29) is 6.42 Å². The summed E-state index contributed by atoms with van der Waals surface area (Å²) in [5.74, 6) is 0. The second kappa shape index (κ2) is 4.62. The van der Waals surface area contributed by atoms with Gasteiger partial charge in [0.25, 0.3) is 0 Å². The highest BCUT2D eigenvalue weighted by Gasteiger charge is 2.30. The molecule has 0 amide bonds. The van der Waals surface area contributed by atoms with E-state index in [4.69, 9.17) is 0 Å². The van der Waals surface area contributed by atoms with E-state index in [2.05, 4.69) is 0 Å². The fourth-order valence-electron chi connectivity index (χ4n) is 0.738. The van der Waals surface area contributed by atoms with Gasteiger partial charge in [-0.3, -0.25) is 0 Å². The molecule has 0 heterocycles. The maximum Gasteiger partial charge on any atom is 0.389 e. The number of hydrogen-bond acceptors (Lipinski definition) is 0. The van der Waals surface area contributed by atoms with Crippen molar-refractivity contribution >= 4 is 0 Å². The highest BCUT2D eigenvalue weighted by Crippen LogP contribution is 2.25. The van der Waals surface area contributed by atoms with Crippen LogP contribution in [0.3, 0.4) is 0 Å². The van der Waals surface area contributed by atoms with Gasteiger partial charge in [-0.2, -0.15) is 13.2 Å². The minimum absolute atomic E-state index is 0.0843. The van der Waals surface area contributed by atoms with Crippen LogP contribution < -0.4 is 0 Å². The topological polar surface area (TPSA) is 0 Å². The first-order valence-corrected chi connectivity index (χ1v) is 3.71. The summed E-state index contributed by atoms with van der Waals surface area (Å²) in [5.41, 5.74) is 0. The van der Waals surface area contributed by atoms with Crippen molar-refractivity contribution in [2.45, 2.75) is 44.7 Å². The Kier molecular flexibility index (Phi) is 4.49. The average molecular weight is 190 g/mol. The van der Waals surface area contributed by atoms with Crippen LogP contribution in [0.2, 0.25) is 0 Å². The van der Waals surface area contributed by atoms with Gasteiger partial charge in [0.05, 0.1) is 0 Å². The van der Waals surface area contributed by atoms with Crippen LogP contribution in [-0.2, 0) is 0 Å². The average Bonchev–Trinajstić information content (AvgIpc) is 1.97. The highest BCUT2D eigenvalue weighted by molar-refractivity contribution is 4.68. The number of rotatable bonds is 4. The molecule has 0 aromatic heterocycles. The van der Waals surface area contributed by atoms with E-state index in [0.29, 0.717) is 0 Å². The molecule has 0 aliphatic rings. The number of hydrogen-bond donors (Lipinski definition) is 0. The molecule has 5 heteroatoms. The Labute approximate surface area is 67.8 Å². The lowest BCUT2D eigenvalue weighted by molar-refractivity contribution is -0.139. The van der Waals surface area contributed by atoms with Crippen molar-refractivity contribution in [3.63, 3.8) is 0 Å². The van der Waals surface area contributed by atoms with Crippen LogP contribution >= 0.6 is 0 Å². The molecule has 0 spiro atoms. The Morgan fingerprint density at radius 2 is 1.58 bits per heavy atom. The predicted octanol–water partition coefficient (Wildman–Crippen LogP) is 3.42.